The van der Waals surface area contributed by atoms with Crippen molar-refractivity contribution in [3.8, 4) is 0 Å². The van der Waals surface area contributed by atoms with E-state index in [1.807, 2.05) is 0 Å². The summed E-state index contributed by atoms with van der Waals surface area (Å²) >= 11 is 5.52. The number of alkyl halides is 1. The highest BCUT2D eigenvalue weighted by Crippen LogP contribution is 2.18. The van der Waals surface area contributed by atoms with Crippen LogP contribution >= 0.6 is 11.6 Å². The van der Waals surface area contributed by atoms with Gasteiger partial charge in [0.15, 0.2) is 5.78 Å². The molecule has 1 fully saturated rings. The summed E-state index contributed by atoms with van der Waals surface area (Å²) in [5, 5.41) is 0. The van der Waals surface area contributed by atoms with E-state index in [1.165, 1.54) is 12.0 Å². The number of nitrogens with zero attached hydrogens (tertiary/aromatic N) is 1. The standard InChI is InChI=1S/C10H16ClNO3/c1-15-10(14)12-6-4-2-3-5-8(12)9(13)7-11/h8H,2-7H2,1H3. The van der Waals surface area contributed by atoms with Gasteiger partial charge < -0.3 is 4.74 Å². The molecular formula is C10H16ClNO3. The zero-order valence-electron chi connectivity index (χ0n) is 8.87. The van der Waals surface area contributed by atoms with Crippen LogP contribution in [0.25, 0.3) is 0 Å². The Kier molecular flexibility index (Phi) is 4.88. The average Bonchev–Trinajstić information content (AvgIpc) is 2.52. The summed E-state index contributed by atoms with van der Waals surface area (Å²) in [6.07, 6.45) is 3.18. The van der Waals surface area contributed by atoms with Gasteiger partial charge in [0.2, 0.25) is 0 Å². The van der Waals surface area contributed by atoms with Crippen LogP contribution in [-0.4, -0.2) is 42.4 Å². The van der Waals surface area contributed by atoms with E-state index in [-0.39, 0.29) is 11.7 Å². The summed E-state index contributed by atoms with van der Waals surface area (Å²) in [5.41, 5.74) is 0. The molecule has 1 saturated heterocycles. The molecule has 0 bridgehead atoms. The third-order valence-electron chi connectivity index (χ3n) is 2.67. The molecule has 4 nitrogen and oxygen atoms in total. The van der Waals surface area contributed by atoms with E-state index in [1.54, 1.807) is 0 Å². The second-order valence-corrected chi connectivity index (χ2v) is 3.90. The van der Waals surface area contributed by atoms with Crippen molar-refractivity contribution in [2.24, 2.45) is 0 Å². The van der Waals surface area contributed by atoms with Crippen LogP contribution in [0.5, 0.6) is 0 Å². The van der Waals surface area contributed by atoms with Gasteiger partial charge in [0.05, 0.1) is 19.0 Å². The van der Waals surface area contributed by atoms with Crippen LogP contribution in [-0.2, 0) is 9.53 Å². The Labute approximate surface area is 94.5 Å². The second kappa shape index (κ2) is 5.95. The van der Waals surface area contributed by atoms with Crippen molar-refractivity contribution >= 4 is 23.5 Å². The number of rotatable bonds is 2. The number of hydrogen-bond donors (Lipinski definition) is 0. The van der Waals surface area contributed by atoms with Crippen molar-refractivity contribution in [2.75, 3.05) is 19.5 Å². The number of methoxy groups -OCH3 is 1. The van der Waals surface area contributed by atoms with Crippen molar-refractivity contribution in [1.29, 1.82) is 0 Å². The molecule has 1 aliphatic heterocycles. The summed E-state index contributed by atoms with van der Waals surface area (Å²) < 4.78 is 4.66. The number of halogens is 1. The predicted molar refractivity (Wildman–Crippen MR) is 57.1 cm³/mol. The molecule has 0 saturated carbocycles. The lowest BCUT2D eigenvalue weighted by molar-refractivity contribution is -0.121. The third kappa shape index (κ3) is 3.09. The van der Waals surface area contributed by atoms with Gasteiger partial charge in [-0.3, -0.25) is 9.69 Å². The maximum Gasteiger partial charge on any atom is 0.410 e. The van der Waals surface area contributed by atoms with Gasteiger partial charge in [0.1, 0.15) is 0 Å². The van der Waals surface area contributed by atoms with Crippen LogP contribution in [0.2, 0.25) is 0 Å². The van der Waals surface area contributed by atoms with Gasteiger partial charge in [-0.2, -0.15) is 0 Å². The first kappa shape index (κ1) is 12.3. The number of carbonyl (C=O) groups excluding carboxylic acids is 2. The third-order valence-corrected chi connectivity index (χ3v) is 2.93. The molecule has 1 unspecified atom stereocenters. The number of carbonyl (C=O) groups is 2. The van der Waals surface area contributed by atoms with E-state index in [2.05, 4.69) is 4.74 Å². The first-order chi connectivity index (χ1) is 7.20. The average molecular weight is 234 g/mol. The molecule has 1 atom stereocenters. The monoisotopic (exact) mass is 233 g/mol. The maximum atomic E-state index is 11.6. The molecule has 1 aliphatic rings. The molecule has 0 spiro atoms. The Morgan fingerprint density at radius 3 is 2.73 bits per heavy atom. The highest BCUT2D eigenvalue weighted by molar-refractivity contribution is 6.28. The minimum Gasteiger partial charge on any atom is -0.453 e. The number of hydrogen-bond acceptors (Lipinski definition) is 3. The lowest BCUT2D eigenvalue weighted by Crippen LogP contribution is -2.45. The smallest absolute Gasteiger partial charge is 0.410 e. The van der Waals surface area contributed by atoms with E-state index >= 15 is 0 Å². The fourth-order valence-electron chi connectivity index (χ4n) is 1.87. The molecule has 0 aromatic carbocycles. The molecule has 86 valence electrons. The van der Waals surface area contributed by atoms with Crippen LogP contribution in [0.15, 0.2) is 0 Å². The fraction of sp³-hybridized carbons (Fsp3) is 0.800. The van der Waals surface area contributed by atoms with E-state index in [9.17, 15) is 9.59 Å². The molecule has 0 aromatic heterocycles. The first-order valence-corrected chi connectivity index (χ1v) is 5.67. The van der Waals surface area contributed by atoms with Gasteiger partial charge in [-0.15, -0.1) is 11.6 Å². The lowest BCUT2D eigenvalue weighted by atomic mass is 10.1. The number of Topliss-reactive ketones (excluding diaryl/α,β-unsaturated/α-hetero) is 1. The highest BCUT2D eigenvalue weighted by atomic mass is 35.5. The quantitative estimate of drug-likeness (QED) is 0.684. The van der Waals surface area contributed by atoms with E-state index in [0.717, 1.165) is 19.3 Å². The topological polar surface area (TPSA) is 46.6 Å². The Hall–Kier alpha value is -0.770. The fourth-order valence-corrected chi connectivity index (χ4v) is 2.05. The lowest BCUT2D eigenvalue weighted by Gasteiger charge is -2.26. The van der Waals surface area contributed by atoms with Crippen molar-refractivity contribution in [3.05, 3.63) is 0 Å². The molecule has 15 heavy (non-hydrogen) atoms. The maximum absolute atomic E-state index is 11.6. The zero-order valence-corrected chi connectivity index (χ0v) is 9.63. The van der Waals surface area contributed by atoms with Gasteiger partial charge in [-0.25, -0.2) is 4.79 Å². The van der Waals surface area contributed by atoms with Gasteiger partial charge in [-0.05, 0) is 12.8 Å². The van der Waals surface area contributed by atoms with Crippen LogP contribution < -0.4 is 0 Å². The van der Waals surface area contributed by atoms with Gasteiger partial charge >= 0.3 is 6.09 Å². The number of ketones is 1. The largest absolute Gasteiger partial charge is 0.453 e. The van der Waals surface area contributed by atoms with Gasteiger partial charge in [0.25, 0.3) is 0 Å². The zero-order chi connectivity index (χ0) is 11.3. The number of ether oxygens (including phenoxy) is 1. The first-order valence-electron chi connectivity index (χ1n) is 5.14. The van der Waals surface area contributed by atoms with Crippen molar-refractivity contribution in [2.45, 2.75) is 31.7 Å². The predicted octanol–water partition coefficient (Wildman–Crippen LogP) is 1.81. The Balaban J connectivity index is 2.75. The Bertz CT molecular complexity index is 221. The van der Waals surface area contributed by atoms with Crippen LogP contribution in [0, 0.1) is 0 Å². The summed E-state index contributed by atoms with van der Waals surface area (Å²) in [5.74, 6) is -0.137. The van der Waals surface area contributed by atoms with Gasteiger partial charge in [0, 0.05) is 6.54 Å². The normalized spacial score (nSPS) is 22.0. The summed E-state index contributed by atoms with van der Waals surface area (Å²) in [6.45, 7) is 0.583. The minimum absolute atomic E-state index is 0.0435. The minimum atomic E-state index is -0.430. The molecule has 0 N–H and O–H groups in total. The molecule has 5 heteroatoms. The molecule has 1 amide bonds. The van der Waals surface area contributed by atoms with Crippen LogP contribution in [0.3, 0.4) is 0 Å². The molecular weight excluding hydrogens is 218 g/mol. The van der Waals surface area contributed by atoms with E-state index in [4.69, 9.17) is 11.6 Å². The summed E-state index contributed by atoms with van der Waals surface area (Å²) in [7, 11) is 1.33. The molecule has 1 rings (SSSR count). The summed E-state index contributed by atoms with van der Waals surface area (Å²) in [4.78, 5) is 24.5. The second-order valence-electron chi connectivity index (χ2n) is 3.63. The Morgan fingerprint density at radius 2 is 2.13 bits per heavy atom. The van der Waals surface area contributed by atoms with E-state index < -0.39 is 12.1 Å². The SMILES string of the molecule is COC(=O)N1CCCCCC1C(=O)CCl. The van der Waals surface area contributed by atoms with Crippen LogP contribution in [0.1, 0.15) is 25.7 Å². The molecule has 0 aromatic rings. The van der Waals surface area contributed by atoms with E-state index in [0.29, 0.717) is 13.0 Å². The van der Waals surface area contributed by atoms with Crippen LogP contribution in [0.4, 0.5) is 4.79 Å². The van der Waals surface area contributed by atoms with Crippen molar-refractivity contribution in [1.82, 2.24) is 4.90 Å². The Morgan fingerprint density at radius 1 is 1.40 bits per heavy atom. The molecule has 1 heterocycles. The molecule has 0 radical (unpaired) electrons. The summed E-state index contributed by atoms with van der Waals surface area (Å²) in [6, 6.07) is -0.391. The van der Waals surface area contributed by atoms with Crippen molar-refractivity contribution < 1.29 is 14.3 Å². The molecule has 0 aliphatic carbocycles. The highest BCUT2D eigenvalue weighted by Gasteiger charge is 2.30. The van der Waals surface area contributed by atoms with Gasteiger partial charge in [-0.1, -0.05) is 12.8 Å². The van der Waals surface area contributed by atoms with Crippen molar-refractivity contribution in [3.63, 3.8) is 0 Å². The number of likely N-dealkylation sites (tertiary alicyclic amines) is 1. The number of amides is 1.